The summed E-state index contributed by atoms with van der Waals surface area (Å²) in [5.41, 5.74) is 0.424. The Morgan fingerprint density at radius 2 is 2.24 bits per heavy atom. The van der Waals surface area contributed by atoms with Crippen molar-refractivity contribution in [2.45, 2.75) is 37.4 Å². The topological polar surface area (TPSA) is 51.7 Å². The average Bonchev–Trinajstić information content (AvgIpc) is 2.56. The monoisotopic (exact) mass is 290 g/mol. The molecule has 5 nitrogen and oxygen atoms in total. The predicted molar refractivity (Wildman–Crippen MR) is 78.1 cm³/mol. The van der Waals surface area contributed by atoms with Gasteiger partial charge in [-0.3, -0.25) is 9.78 Å². The zero-order valence-corrected chi connectivity index (χ0v) is 12.5. The molecule has 3 heterocycles. The van der Waals surface area contributed by atoms with E-state index in [1.807, 2.05) is 17.0 Å². The number of carbonyl (C=O) groups excluding carboxylic acids is 1. The van der Waals surface area contributed by atoms with Gasteiger partial charge < -0.3 is 14.4 Å². The second-order valence-electron chi connectivity index (χ2n) is 5.89. The van der Waals surface area contributed by atoms with E-state index in [4.69, 9.17) is 9.47 Å². The molecule has 0 aromatic carbocycles. The molecular weight excluding hydrogens is 268 g/mol. The second kappa shape index (κ2) is 6.12. The molecule has 1 aromatic rings. The first-order chi connectivity index (χ1) is 10.2. The van der Waals surface area contributed by atoms with Crippen molar-refractivity contribution in [3.8, 4) is 0 Å². The van der Waals surface area contributed by atoms with Gasteiger partial charge in [-0.15, -0.1) is 0 Å². The molecule has 21 heavy (non-hydrogen) atoms. The smallest absolute Gasteiger partial charge is 0.272 e. The second-order valence-corrected chi connectivity index (χ2v) is 5.89. The molecule has 1 unspecified atom stereocenters. The summed E-state index contributed by atoms with van der Waals surface area (Å²) in [6, 6.07) is 5.44. The highest BCUT2D eigenvalue weighted by atomic mass is 16.5. The van der Waals surface area contributed by atoms with Gasteiger partial charge >= 0.3 is 0 Å². The summed E-state index contributed by atoms with van der Waals surface area (Å²) in [6.45, 7) is 2.21. The van der Waals surface area contributed by atoms with Crippen LogP contribution < -0.4 is 0 Å². The lowest BCUT2D eigenvalue weighted by atomic mass is 9.83. The van der Waals surface area contributed by atoms with Crippen LogP contribution in [0.2, 0.25) is 0 Å². The summed E-state index contributed by atoms with van der Waals surface area (Å²) in [6.07, 6.45) is 5.62. The summed E-state index contributed by atoms with van der Waals surface area (Å²) in [7, 11) is 1.77. The highest BCUT2D eigenvalue weighted by Gasteiger charge is 2.41. The van der Waals surface area contributed by atoms with Crippen LogP contribution in [-0.2, 0) is 9.47 Å². The molecule has 1 amide bonds. The Kier molecular flexibility index (Phi) is 4.22. The fourth-order valence-electron chi connectivity index (χ4n) is 3.30. The van der Waals surface area contributed by atoms with Crippen molar-refractivity contribution in [2.24, 2.45) is 0 Å². The number of likely N-dealkylation sites (tertiary alicyclic amines) is 1. The Morgan fingerprint density at radius 1 is 1.43 bits per heavy atom. The molecule has 0 N–H and O–H groups in total. The normalized spacial score (nSPS) is 25.0. The van der Waals surface area contributed by atoms with Crippen LogP contribution in [0.5, 0.6) is 0 Å². The molecule has 1 atom stereocenters. The number of nitrogens with zero attached hydrogens (tertiary/aromatic N) is 2. The third-order valence-electron chi connectivity index (χ3n) is 4.63. The van der Waals surface area contributed by atoms with Gasteiger partial charge in [-0.05, 0) is 31.4 Å². The number of hydrogen-bond donors (Lipinski definition) is 0. The van der Waals surface area contributed by atoms with E-state index < -0.39 is 0 Å². The number of amides is 1. The average molecular weight is 290 g/mol. The molecule has 0 bridgehead atoms. The molecule has 0 radical (unpaired) electrons. The minimum Gasteiger partial charge on any atom is -0.381 e. The maximum Gasteiger partial charge on any atom is 0.272 e. The molecule has 2 aliphatic rings. The molecule has 1 spiro atoms. The van der Waals surface area contributed by atoms with Gasteiger partial charge in [-0.25, -0.2) is 0 Å². The molecule has 2 aliphatic heterocycles. The Labute approximate surface area is 125 Å². The van der Waals surface area contributed by atoms with Crippen LogP contribution in [0.4, 0.5) is 0 Å². The van der Waals surface area contributed by atoms with Gasteiger partial charge in [0.2, 0.25) is 0 Å². The number of carbonyl (C=O) groups is 1. The number of hydrogen-bond acceptors (Lipinski definition) is 4. The Bertz CT molecular complexity index is 484. The lowest BCUT2D eigenvalue weighted by molar-refractivity contribution is -0.146. The van der Waals surface area contributed by atoms with E-state index in [1.54, 1.807) is 19.4 Å². The van der Waals surface area contributed by atoms with E-state index in [9.17, 15) is 4.79 Å². The van der Waals surface area contributed by atoms with Crippen LogP contribution in [0.3, 0.4) is 0 Å². The summed E-state index contributed by atoms with van der Waals surface area (Å²) in [4.78, 5) is 18.4. The number of rotatable bonds is 2. The maximum absolute atomic E-state index is 12.4. The number of aromatic nitrogens is 1. The van der Waals surface area contributed by atoms with Crippen molar-refractivity contribution < 1.29 is 14.3 Å². The molecular formula is C16H22N2O3. The Balaban J connectivity index is 1.61. The van der Waals surface area contributed by atoms with Crippen molar-refractivity contribution >= 4 is 5.91 Å². The predicted octanol–water partition coefficient (Wildman–Crippen LogP) is 1.88. The zero-order valence-electron chi connectivity index (χ0n) is 12.5. The fourth-order valence-corrected chi connectivity index (χ4v) is 3.30. The fraction of sp³-hybridized carbons (Fsp3) is 0.625. The van der Waals surface area contributed by atoms with Crippen molar-refractivity contribution in [1.29, 1.82) is 0 Å². The van der Waals surface area contributed by atoms with E-state index in [0.29, 0.717) is 5.69 Å². The molecule has 114 valence electrons. The zero-order chi connectivity index (χ0) is 14.7. The van der Waals surface area contributed by atoms with Gasteiger partial charge in [-0.1, -0.05) is 6.07 Å². The van der Waals surface area contributed by atoms with Crippen molar-refractivity contribution in [2.75, 3.05) is 26.8 Å². The van der Waals surface area contributed by atoms with Crippen molar-refractivity contribution in [3.05, 3.63) is 30.1 Å². The lowest BCUT2D eigenvalue weighted by Gasteiger charge is -2.45. The summed E-state index contributed by atoms with van der Waals surface area (Å²) >= 11 is 0. The quantitative estimate of drug-likeness (QED) is 0.834. The van der Waals surface area contributed by atoms with Crippen LogP contribution in [0.25, 0.3) is 0 Å². The Morgan fingerprint density at radius 3 is 2.90 bits per heavy atom. The third-order valence-corrected chi connectivity index (χ3v) is 4.63. The largest absolute Gasteiger partial charge is 0.381 e. The van der Waals surface area contributed by atoms with E-state index in [2.05, 4.69) is 4.98 Å². The molecule has 2 saturated heterocycles. The number of methoxy groups -OCH3 is 1. The number of piperidine rings is 1. The molecule has 5 heteroatoms. The third kappa shape index (κ3) is 3.09. The van der Waals surface area contributed by atoms with E-state index >= 15 is 0 Å². The minimum absolute atomic E-state index is 0.0181. The van der Waals surface area contributed by atoms with Crippen LogP contribution in [0, 0.1) is 0 Å². The first kappa shape index (κ1) is 14.5. The lowest BCUT2D eigenvalue weighted by Crippen LogP contribution is -2.52. The molecule has 0 aliphatic carbocycles. The van der Waals surface area contributed by atoms with E-state index in [0.717, 1.165) is 45.4 Å². The van der Waals surface area contributed by atoms with Crippen molar-refractivity contribution in [3.63, 3.8) is 0 Å². The van der Waals surface area contributed by atoms with Crippen LogP contribution >= 0.6 is 0 Å². The van der Waals surface area contributed by atoms with Gasteiger partial charge in [-0.2, -0.15) is 0 Å². The van der Waals surface area contributed by atoms with Gasteiger partial charge in [0.05, 0.1) is 11.7 Å². The van der Waals surface area contributed by atoms with Gasteiger partial charge in [0.25, 0.3) is 5.91 Å². The number of pyridine rings is 1. The summed E-state index contributed by atoms with van der Waals surface area (Å²) in [5, 5.41) is 0. The first-order valence-electron chi connectivity index (χ1n) is 7.59. The van der Waals surface area contributed by atoms with Gasteiger partial charge in [0.1, 0.15) is 5.69 Å². The van der Waals surface area contributed by atoms with Crippen LogP contribution in [0.15, 0.2) is 24.4 Å². The molecule has 0 saturated carbocycles. The molecule has 2 fully saturated rings. The molecule has 1 aromatic heterocycles. The van der Waals surface area contributed by atoms with Crippen molar-refractivity contribution in [1.82, 2.24) is 9.88 Å². The first-order valence-corrected chi connectivity index (χ1v) is 7.59. The summed E-state index contributed by atoms with van der Waals surface area (Å²) in [5.74, 6) is 0.0181. The highest BCUT2D eigenvalue weighted by molar-refractivity contribution is 5.92. The van der Waals surface area contributed by atoms with E-state index in [-0.39, 0.29) is 17.6 Å². The van der Waals surface area contributed by atoms with E-state index in [1.165, 1.54) is 0 Å². The maximum atomic E-state index is 12.4. The molecule has 3 rings (SSSR count). The SMILES string of the molecule is COC1CCOC2(CCN(C(=O)c3ccccn3)CC2)C1. The standard InChI is InChI=1S/C16H22N2O3/c1-20-13-5-11-21-16(12-13)6-9-18(10-7-16)15(19)14-4-2-3-8-17-14/h2-4,8,13H,5-7,9-12H2,1H3. The Hall–Kier alpha value is -1.46. The number of ether oxygens (including phenoxy) is 2. The van der Waals surface area contributed by atoms with Crippen LogP contribution in [0.1, 0.15) is 36.2 Å². The van der Waals surface area contributed by atoms with Gasteiger partial charge in [0.15, 0.2) is 0 Å². The summed E-state index contributed by atoms with van der Waals surface area (Å²) < 4.78 is 11.5. The highest BCUT2D eigenvalue weighted by Crippen LogP contribution is 2.36. The van der Waals surface area contributed by atoms with Crippen LogP contribution in [-0.4, -0.2) is 54.3 Å². The van der Waals surface area contributed by atoms with Gasteiger partial charge in [0, 0.05) is 39.4 Å². The minimum atomic E-state index is -0.0974.